The number of methoxy groups -OCH3 is 3. The maximum absolute atomic E-state index is 14.1. The van der Waals surface area contributed by atoms with Crippen LogP contribution in [-0.2, 0) is 73.2 Å². The van der Waals surface area contributed by atoms with Gasteiger partial charge in [0.05, 0.1) is 62.0 Å². The van der Waals surface area contributed by atoms with E-state index in [4.69, 9.17) is 28.4 Å². The summed E-state index contributed by atoms with van der Waals surface area (Å²) in [5.41, 5.74) is 0.799. The molecule has 0 saturated carbocycles. The van der Waals surface area contributed by atoms with Crippen LogP contribution in [0.15, 0.2) is 30.3 Å². The minimum absolute atomic E-state index is 0.00314. The molecule has 2 rings (SSSR count). The van der Waals surface area contributed by atoms with E-state index in [2.05, 4.69) is 31.9 Å². The molecular formula is C53H89N7O15. The van der Waals surface area contributed by atoms with Gasteiger partial charge >= 0.3 is 11.9 Å². The summed E-state index contributed by atoms with van der Waals surface area (Å²) in [6.45, 7) is 14.3. The molecule has 1 aliphatic rings. The third-order valence-corrected chi connectivity index (χ3v) is 13.2. The highest BCUT2D eigenvalue weighted by atomic mass is 16.7. The van der Waals surface area contributed by atoms with Gasteiger partial charge in [-0.05, 0) is 70.4 Å². The summed E-state index contributed by atoms with van der Waals surface area (Å²) in [4.78, 5) is 107. The van der Waals surface area contributed by atoms with Crippen molar-refractivity contribution in [1.29, 1.82) is 0 Å². The number of carbonyl (C=O) groups excluding carboxylic acids is 8. The van der Waals surface area contributed by atoms with Crippen molar-refractivity contribution >= 4 is 47.4 Å². The van der Waals surface area contributed by atoms with E-state index in [1.165, 1.54) is 28.3 Å². The number of amides is 6. The molecular weight excluding hydrogens is 975 g/mol. The zero-order chi connectivity index (χ0) is 56.2. The standard InChI is InChI=1S/C53H89N7O15/c1-13-38(30-61)75-45(71-11)31-74-44(64)24-17-23-42(62)56-36(8)53(69)73-27-19-25-55-50(66)39(28-37-20-15-14-16-21-37)58-49(65)34(6)48(72-12)40-22-18-26-60(40)43(63)29-41(70-10)35(7)57-52(68)47(33(4)5)59-51(67)46(54-9)32(2)3/h14-16,20-21,32-36,38-41,45-48,54,61H,13,17-19,22-31H2,1-12H3,(H,55,66)(H,56,62)(H,57,68)(H,58,65)(H,59,67)/t34-,35+,36+,38?,39+,40+,41-,45?,46+,47+,48-/m1/s1. The van der Waals surface area contributed by atoms with Gasteiger partial charge in [-0.1, -0.05) is 71.9 Å². The number of hydrogen-bond donors (Lipinski definition) is 7. The Morgan fingerprint density at radius 1 is 0.760 bits per heavy atom. The molecule has 0 aromatic heterocycles. The van der Waals surface area contributed by atoms with Crippen LogP contribution in [0.5, 0.6) is 0 Å². The van der Waals surface area contributed by atoms with Gasteiger partial charge in [0.2, 0.25) is 35.4 Å². The highest BCUT2D eigenvalue weighted by molar-refractivity contribution is 5.91. The van der Waals surface area contributed by atoms with E-state index in [-0.39, 0.29) is 88.5 Å². The number of aliphatic hydroxyl groups excluding tert-OH is 1. The summed E-state index contributed by atoms with van der Waals surface area (Å²) in [5.74, 6) is -4.60. The monoisotopic (exact) mass is 1060 g/mol. The van der Waals surface area contributed by atoms with Gasteiger partial charge < -0.3 is 70.3 Å². The highest BCUT2D eigenvalue weighted by Crippen LogP contribution is 2.28. The van der Waals surface area contributed by atoms with Crippen LogP contribution < -0.4 is 31.9 Å². The number of nitrogens with one attached hydrogen (secondary N) is 6. The summed E-state index contributed by atoms with van der Waals surface area (Å²) in [7, 11) is 6.03. The Balaban J connectivity index is 1.96. The number of likely N-dealkylation sites (tertiary alicyclic amines) is 1. The number of rotatable bonds is 36. The van der Waals surface area contributed by atoms with Crippen LogP contribution in [0, 0.1) is 17.8 Å². The summed E-state index contributed by atoms with van der Waals surface area (Å²) in [5, 5.41) is 26.4. The lowest BCUT2D eigenvalue weighted by atomic mass is 9.93. The van der Waals surface area contributed by atoms with E-state index >= 15 is 0 Å². The molecule has 426 valence electrons. The number of ether oxygens (including phenoxy) is 6. The summed E-state index contributed by atoms with van der Waals surface area (Å²) < 4.78 is 32.8. The average Bonchev–Trinajstić information content (AvgIpc) is 3.87. The molecule has 0 aliphatic carbocycles. The molecule has 1 aromatic carbocycles. The number of nitrogens with zero attached hydrogens (tertiary/aromatic N) is 1. The van der Waals surface area contributed by atoms with Crippen LogP contribution in [0.4, 0.5) is 0 Å². The molecule has 1 saturated heterocycles. The Bertz CT molecular complexity index is 1920. The first-order valence-corrected chi connectivity index (χ1v) is 26.3. The topological polar surface area (TPSA) is 288 Å². The molecule has 0 spiro atoms. The van der Waals surface area contributed by atoms with Crippen molar-refractivity contribution in [2.45, 2.75) is 174 Å². The van der Waals surface area contributed by atoms with E-state index in [0.29, 0.717) is 25.8 Å². The molecule has 0 bridgehead atoms. The molecule has 1 fully saturated rings. The van der Waals surface area contributed by atoms with Gasteiger partial charge in [-0.25, -0.2) is 4.79 Å². The smallest absolute Gasteiger partial charge is 0.328 e. The van der Waals surface area contributed by atoms with Crippen molar-refractivity contribution in [3.8, 4) is 0 Å². The number of benzene rings is 1. The third kappa shape index (κ3) is 22.9. The van der Waals surface area contributed by atoms with Gasteiger partial charge in [0.15, 0.2) is 6.29 Å². The van der Waals surface area contributed by atoms with Crippen LogP contribution >= 0.6 is 0 Å². The van der Waals surface area contributed by atoms with E-state index in [1.807, 2.05) is 65.0 Å². The minimum Gasteiger partial charge on any atom is -0.464 e. The zero-order valence-corrected chi connectivity index (χ0v) is 46.4. The van der Waals surface area contributed by atoms with Crippen LogP contribution in [-0.4, -0.2) is 180 Å². The van der Waals surface area contributed by atoms with Gasteiger partial charge in [-0.2, -0.15) is 0 Å². The van der Waals surface area contributed by atoms with Crippen molar-refractivity contribution in [3.63, 3.8) is 0 Å². The summed E-state index contributed by atoms with van der Waals surface area (Å²) in [6.07, 6.45) is -0.595. The second-order valence-corrected chi connectivity index (χ2v) is 19.7. The molecule has 22 nitrogen and oxygen atoms in total. The van der Waals surface area contributed by atoms with Crippen molar-refractivity contribution < 1.29 is 71.9 Å². The number of esters is 2. The van der Waals surface area contributed by atoms with Crippen LogP contribution in [0.1, 0.15) is 112 Å². The van der Waals surface area contributed by atoms with Gasteiger partial charge in [0, 0.05) is 53.7 Å². The lowest BCUT2D eigenvalue weighted by Gasteiger charge is -2.35. The molecule has 0 radical (unpaired) electrons. The Hall–Kier alpha value is -5.26. The normalized spacial score (nSPS) is 17.5. The second-order valence-electron chi connectivity index (χ2n) is 19.7. The number of likely N-dealkylation sites (N-methyl/N-ethyl adjacent to an activating group) is 1. The molecule has 75 heavy (non-hydrogen) atoms. The maximum Gasteiger partial charge on any atom is 0.328 e. The first-order chi connectivity index (χ1) is 35.7. The molecule has 2 unspecified atom stereocenters. The van der Waals surface area contributed by atoms with Gasteiger partial charge in [0.25, 0.3) is 0 Å². The van der Waals surface area contributed by atoms with E-state index in [0.717, 1.165) is 5.56 Å². The molecule has 1 aliphatic heterocycles. The fraction of sp³-hybridized carbons (Fsp3) is 0.736. The Labute approximate surface area is 443 Å². The summed E-state index contributed by atoms with van der Waals surface area (Å²) in [6, 6.07) is 4.82. The van der Waals surface area contributed by atoms with E-state index in [1.54, 1.807) is 25.8 Å². The summed E-state index contributed by atoms with van der Waals surface area (Å²) >= 11 is 0. The van der Waals surface area contributed by atoms with Crippen LogP contribution in [0.2, 0.25) is 0 Å². The predicted octanol–water partition coefficient (Wildman–Crippen LogP) is 1.68. The average molecular weight is 1060 g/mol. The van der Waals surface area contributed by atoms with Crippen molar-refractivity contribution in [3.05, 3.63) is 35.9 Å². The Morgan fingerprint density at radius 3 is 2.01 bits per heavy atom. The first-order valence-electron chi connectivity index (χ1n) is 26.3. The zero-order valence-electron chi connectivity index (χ0n) is 46.4. The lowest BCUT2D eigenvalue weighted by molar-refractivity contribution is -0.194. The van der Waals surface area contributed by atoms with Gasteiger partial charge in [-0.15, -0.1) is 0 Å². The van der Waals surface area contributed by atoms with Gasteiger partial charge in [0.1, 0.15) is 24.7 Å². The van der Waals surface area contributed by atoms with Gasteiger partial charge in [-0.3, -0.25) is 33.6 Å². The minimum atomic E-state index is -0.995. The molecule has 1 heterocycles. The molecule has 11 atom stereocenters. The number of hydrogen-bond acceptors (Lipinski definition) is 16. The third-order valence-electron chi connectivity index (χ3n) is 13.2. The molecule has 22 heteroatoms. The molecule has 6 amide bonds. The predicted molar refractivity (Wildman–Crippen MR) is 278 cm³/mol. The van der Waals surface area contributed by atoms with Crippen LogP contribution in [0.25, 0.3) is 0 Å². The number of aliphatic hydroxyl groups is 1. The fourth-order valence-electron chi connectivity index (χ4n) is 8.71. The van der Waals surface area contributed by atoms with Crippen molar-refractivity contribution in [2.75, 3.05) is 61.3 Å². The Kier molecular flexibility index (Phi) is 30.9. The highest BCUT2D eigenvalue weighted by Gasteiger charge is 2.41. The SMILES string of the molecule is CCC(CO)OC(COC(=O)CCCC(=O)N[C@@H](C)C(=O)OCCCNC(=O)[C@H](Cc1ccccc1)NC(=O)[C@H](C)[C@@H](OC)[C@@H]1CCCN1C(=O)C[C@@H](OC)[C@H](C)NC(=O)[C@@H](NC(=O)[C@@H](NC)C(C)C)C(C)C)OC. The van der Waals surface area contributed by atoms with E-state index in [9.17, 15) is 43.5 Å². The van der Waals surface area contributed by atoms with E-state index < -0.39 is 102 Å². The fourth-order valence-corrected chi connectivity index (χ4v) is 8.71. The number of carbonyl (C=O) groups is 8. The van der Waals surface area contributed by atoms with Crippen molar-refractivity contribution in [2.24, 2.45) is 17.8 Å². The second kappa shape index (κ2) is 35.1. The lowest BCUT2D eigenvalue weighted by Crippen LogP contribution is -2.58. The van der Waals surface area contributed by atoms with Crippen LogP contribution in [0.3, 0.4) is 0 Å². The Morgan fingerprint density at radius 2 is 1.43 bits per heavy atom. The quantitative estimate of drug-likeness (QED) is 0.0286. The first kappa shape index (κ1) is 65.9. The maximum atomic E-state index is 14.1. The van der Waals surface area contributed by atoms with Crippen molar-refractivity contribution in [1.82, 2.24) is 36.8 Å². The molecule has 1 aromatic rings. The largest absolute Gasteiger partial charge is 0.464 e. The molecule has 7 N–H and O–H groups in total.